The summed E-state index contributed by atoms with van der Waals surface area (Å²) < 4.78 is 13.8. The quantitative estimate of drug-likeness (QED) is 0.541. The van der Waals surface area contributed by atoms with E-state index in [4.69, 9.17) is 17.4 Å². The van der Waals surface area contributed by atoms with E-state index in [9.17, 15) is 14.0 Å². The van der Waals surface area contributed by atoms with Crippen LogP contribution < -0.4 is 11.2 Å². The zero-order valence-corrected chi connectivity index (χ0v) is 14.9. The van der Waals surface area contributed by atoms with Crippen LogP contribution in [-0.2, 0) is 16.1 Å². The Hall–Kier alpha value is -2.12. The molecule has 6 nitrogen and oxygen atoms in total. The molecule has 2 rings (SSSR count). The number of benzene rings is 1. The van der Waals surface area contributed by atoms with E-state index >= 15 is 0 Å². The number of carbonyl (C=O) groups is 2. The van der Waals surface area contributed by atoms with E-state index in [1.54, 1.807) is 19.1 Å². The van der Waals surface area contributed by atoms with Gasteiger partial charge in [0.2, 0.25) is 11.8 Å². The zero-order valence-electron chi connectivity index (χ0n) is 14.1. The Bertz CT molecular complexity index is 679. The maximum Gasteiger partial charge on any atom is 0.244 e. The second-order valence-corrected chi connectivity index (χ2v) is 6.51. The highest BCUT2D eigenvalue weighted by Gasteiger charge is 2.34. The van der Waals surface area contributed by atoms with Crippen molar-refractivity contribution in [3.8, 4) is 0 Å². The Balaban J connectivity index is 1.91. The van der Waals surface area contributed by atoms with E-state index in [1.165, 1.54) is 16.0 Å². The molecule has 8 heteroatoms. The summed E-state index contributed by atoms with van der Waals surface area (Å²) in [5.41, 5.74) is 0.852. The number of hydrogen-bond acceptors (Lipinski definition) is 4. The van der Waals surface area contributed by atoms with Crippen LogP contribution in [0.4, 0.5) is 4.39 Å². The van der Waals surface area contributed by atoms with E-state index in [0.717, 1.165) is 12.8 Å². The second kappa shape index (κ2) is 8.31. The normalized spacial score (nSPS) is 13.3. The first kappa shape index (κ1) is 19.2. The van der Waals surface area contributed by atoms with Gasteiger partial charge in [-0.15, -0.1) is 0 Å². The molecule has 3 N–H and O–H groups in total. The van der Waals surface area contributed by atoms with E-state index < -0.39 is 5.82 Å². The Labute approximate surface area is 151 Å². The van der Waals surface area contributed by atoms with E-state index in [0.29, 0.717) is 11.3 Å². The van der Waals surface area contributed by atoms with Crippen LogP contribution in [0.15, 0.2) is 30.5 Å². The third-order valence-electron chi connectivity index (χ3n) is 3.93. The molecule has 1 aromatic rings. The number of nitrogens with one attached hydrogen (secondary N) is 1. The largest absolute Gasteiger partial charge is 0.350 e. The lowest BCUT2D eigenvalue weighted by Gasteiger charge is -2.25. The highest BCUT2D eigenvalue weighted by Crippen LogP contribution is 2.26. The molecule has 136 valence electrons. The van der Waals surface area contributed by atoms with Crippen molar-refractivity contribution in [2.75, 3.05) is 13.1 Å². The van der Waals surface area contributed by atoms with Gasteiger partial charge < -0.3 is 15.2 Å². The lowest BCUT2D eigenvalue weighted by atomic mass is 10.2. The molecule has 0 aromatic heterocycles. The minimum absolute atomic E-state index is 0.00404. The fourth-order valence-electron chi connectivity index (χ4n) is 2.27. The standard InChI is InChI=1S/C17H22ClFN4O2/c1-11(2)23(20)10-16(25)22(13-6-7-13)9-15(24)21-8-12-4-3-5-14(18)17(12)19/h3-5,13H,1,6-10,20H2,2H3,(H,21,24). The molecule has 0 saturated heterocycles. The molecule has 0 aliphatic heterocycles. The molecule has 25 heavy (non-hydrogen) atoms. The minimum Gasteiger partial charge on any atom is -0.350 e. The zero-order chi connectivity index (χ0) is 18.6. The number of nitrogens with two attached hydrogens (primary N) is 1. The predicted molar refractivity (Wildman–Crippen MR) is 93.7 cm³/mol. The van der Waals surface area contributed by atoms with Crippen LogP contribution in [0.3, 0.4) is 0 Å². The molecule has 0 unspecified atom stereocenters. The van der Waals surface area contributed by atoms with E-state index in [1.807, 2.05) is 0 Å². The average molecular weight is 369 g/mol. The number of rotatable bonds is 8. The van der Waals surface area contributed by atoms with Gasteiger partial charge in [0.25, 0.3) is 0 Å². The van der Waals surface area contributed by atoms with Crippen LogP contribution in [0.1, 0.15) is 25.3 Å². The number of hydrogen-bond donors (Lipinski definition) is 2. The number of amides is 2. The maximum atomic E-state index is 13.8. The van der Waals surface area contributed by atoms with Gasteiger partial charge in [-0.2, -0.15) is 0 Å². The second-order valence-electron chi connectivity index (χ2n) is 6.11. The number of hydrazine groups is 1. The summed E-state index contributed by atoms with van der Waals surface area (Å²) >= 11 is 5.71. The molecule has 1 aliphatic rings. The van der Waals surface area contributed by atoms with Crippen LogP contribution in [-0.4, -0.2) is 40.9 Å². The monoisotopic (exact) mass is 368 g/mol. The van der Waals surface area contributed by atoms with Crippen molar-refractivity contribution < 1.29 is 14.0 Å². The van der Waals surface area contributed by atoms with Gasteiger partial charge in [0, 0.05) is 23.8 Å². The van der Waals surface area contributed by atoms with Crippen LogP contribution in [0.2, 0.25) is 5.02 Å². The molecule has 1 aromatic carbocycles. The van der Waals surface area contributed by atoms with Crippen LogP contribution in [0.25, 0.3) is 0 Å². The first-order valence-electron chi connectivity index (χ1n) is 7.96. The van der Waals surface area contributed by atoms with E-state index in [-0.39, 0.29) is 42.5 Å². The Morgan fingerprint density at radius 2 is 2.08 bits per heavy atom. The summed E-state index contributed by atoms with van der Waals surface area (Å²) in [7, 11) is 0. The van der Waals surface area contributed by atoms with Crippen molar-refractivity contribution in [1.29, 1.82) is 0 Å². The number of allylic oxidation sites excluding steroid dienone is 1. The lowest BCUT2D eigenvalue weighted by molar-refractivity contribution is -0.137. The van der Waals surface area contributed by atoms with Crippen molar-refractivity contribution in [2.45, 2.75) is 32.4 Å². The van der Waals surface area contributed by atoms with Crippen LogP contribution in [0, 0.1) is 5.82 Å². The summed E-state index contributed by atoms with van der Waals surface area (Å²) in [5.74, 6) is 4.55. The van der Waals surface area contributed by atoms with Crippen molar-refractivity contribution in [1.82, 2.24) is 15.2 Å². The molecular formula is C17H22ClFN4O2. The van der Waals surface area contributed by atoms with Gasteiger partial charge in [-0.3, -0.25) is 9.59 Å². The summed E-state index contributed by atoms with van der Waals surface area (Å²) in [5, 5.41) is 3.87. The average Bonchev–Trinajstić information content (AvgIpc) is 3.38. The van der Waals surface area contributed by atoms with Gasteiger partial charge in [-0.25, -0.2) is 10.2 Å². The number of nitrogens with zero attached hydrogens (tertiary/aromatic N) is 2. The molecule has 0 bridgehead atoms. The molecule has 1 aliphatic carbocycles. The fourth-order valence-corrected chi connectivity index (χ4v) is 2.46. The van der Waals surface area contributed by atoms with Crippen molar-refractivity contribution in [2.24, 2.45) is 5.84 Å². The highest BCUT2D eigenvalue weighted by molar-refractivity contribution is 6.30. The highest BCUT2D eigenvalue weighted by atomic mass is 35.5. The smallest absolute Gasteiger partial charge is 0.244 e. The summed E-state index contributed by atoms with van der Waals surface area (Å²) in [6.07, 6.45) is 1.72. The lowest BCUT2D eigenvalue weighted by Crippen LogP contribution is -2.47. The van der Waals surface area contributed by atoms with E-state index in [2.05, 4.69) is 11.9 Å². The summed E-state index contributed by atoms with van der Waals surface area (Å²) in [6.45, 7) is 5.25. The third kappa shape index (κ3) is 5.44. The first-order valence-corrected chi connectivity index (χ1v) is 8.34. The molecule has 0 spiro atoms. The van der Waals surface area contributed by atoms with Gasteiger partial charge >= 0.3 is 0 Å². The van der Waals surface area contributed by atoms with Gasteiger partial charge in [0.05, 0.1) is 11.6 Å². The molecule has 1 fully saturated rings. The number of halogens is 2. The van der Waals surface area contributed by atoms with Gasteiger partial charge in [-0.05, 0) is 25.8 Å². The van der Waals surface area contributed by atoms with Gasteiger partial charge in [0.15, 0.2) is 0 Å². The van der Waals surface area contributed by atoms with Gasteiger partial charge in [0.1, 0.15) is 12.4 Å². The van der Waals surface area contributed by atoms with Crippen LogP contribution >= 0.6 is 11.6 Å². The summed E-state index contributed by atoms with van der Waals surface area (Å²) in [4.78, 5) is 26.0. The first-order chi connectivity index (χ1) is 11.8. The summed E-state index contributed by atoms with van der Waals surface area (Å²) in [6, 6.07) is 4.65. The Morgan fingerprint density at radius 3 is 2.68 bits per heavy atom. The topological polar surface area (TPSA) is 78.7 Å². The minimum atomic E-state index is -0.556. The number of carbonyl (C=O) groups excluding carboxylic acids is 2. The van der Waals surface area contributed by atoms with Gasteiger partial charge in [-0.1, -0.05) is 30.3 Å². The van der Waals surface area contributed by atoms with Crippen molar-refractivity contribution in [3.05, 3.63) is 46.9 Å². The van der Waals surface area contributed by atoms with Crippen molar-refractivity contribution >= 4 is 23.4 Å². The predicted octanol–water partition coefficient (Wildman–Crippen LogP) is 1.80. The Kier molecular flexibility index (Phi) is 6.39. The maximum absolute atomic E-state index is 13.8. The molecule has 0 atom stereocenters. The van der Waals surface area contributed by atoms with Crippen LogP contribution in [0.5, 0.6) is 0 Å². The molecule has 2 amide bonds. The molecule has 0 heterocycles. The fraction of sp³-hybridized carbons (Fsp3) is 0.412. The SMILES string of the molecule is C=C(C)N(N)CC(=O)N(CC(=O)NCc1cccc(Cl)c1F)C1CC1. The molecule has 1 saturated carbocycles. The van der Waals surface area contributed by atoms with Crippen molar-refractivity contribution in [3.63, 3.8) is 0 Å². The Morgan fingerprint density at radius 1 is 1.40 bits per heavy atom. The molecular weight excluding hydrogens is 347 g/mol. The molecule has 0 radical (unpaired) electrons. The third-order valence-corrected chi connectivity index (χ3v) is 4.22.